The van der Waals surface area contributed by atoms with E-state index in [0.717, 1.165) is 74.0 Å². The van der Waals surface area contributed by atoms with E-state index in [-0.39, 0.29) is 11.8 Å². The van der Waals surface area contributed by atoms with Crippen molar-refractivity contribution >= 4 is 65.9 Å². The van der Waals surface area contributed by atoms with Crippen LogP contribution >= 0.6 is 0 Å². The molecule has 0 amide bonds. The van der Waals surface area contributed by atoms with Gasteiger partial charge in [-0.3, -0.25) is 4.99 Å². The zero-order valence-electron chi connectivity index (χ0n) is 38.9. The fourth-order valence-corrected chi connectivity index (χ4v) is 12.1. The van der Waals surface area contributed by atoms with Crippen LogP contribution in [0.1, 0.15) is 58.6 Å². The van der Waals surface area contributed by atoms with Gasteiger partial charge >= 0.3 is 0 Å². The third-order valence-corrected chi connectivity index (χ3v) is 15.4. The smallest absolute Gasteiger partial charge is 0.138 e. The summed E-state index contributed by atoms with van der Waals surface area (Å²) in [6, 6.07) is 82.4. The number of benzene rings is 10. The number of nitrogens with zero attached hydrogens (tertiary/aromatic N) is 2. The number of allylic oxidation sites excluding steroid dienone is 1. The molecule has 1 aliphatic heterocycles. The molecule has 14 rings (SSSR count). The molecule has 332 valence electrons. The Morgan fingerprint density at radius 1 is 0.500 bits per heavy atom. The van der Waals surface area contributed by atoms with E-state index in [1.54, 1.807) is 0 Å². The first-order chi connectivity index (χ1) is 34.6. The molecule has 12 aromatic rings. The average Bonchev–Trinajstić information content (AvgIpc) is 4.01. The van der Waals surface area contributed by atoms with Crippen LogP contribution in [0.25, 0.3) is 88.2 Å². The van der Waals surface area contributed by atoms with Crippen LogP contribution in [0.2, 0.25) is 0 Å². The monoisotopic (exact) mass is 896 g/mol. The summed E-state index contributed by atoms with van der Waals surface area (Å²) in [4.78, 5) is 5.93. The Hall–Kier alpha value is -8.53. The summed E-state index contributed by atoms with van der Waals surface area (Å²) >= 11 is 0. The van der Waals surface area contributed by atoms with Crippen molar-refractivity contribution in [1.29, 1.82) is 0 Å². The van der Waals surface area contributed by atoms with Crippen LogP contribution in [0, 0.1) is 5.92 Å². The number of aliphatic imine (C=N–C) groups is 1. The summed E-state index contributed by atoms with van der Waals surface area (Å²) in [5, 5.41) is 7.07. The van der Waals surface area contributed by atoms with Gasteiger partial charge in [0.15, 0.2) is 0 Å². The first-order valence-corrected chi connectivity index (χ1v) is 24.7. The van der Waals surface area contributed by atoms with Gasteiger partial charge in [0.1, 0.15) is 11.2 Å². The zero-order valence-corrected chi connectivity index (χ0v) is 38.9. The van der Waals surface area contributed by atoms with Gasteiger partial charge < -0.3 is 8.98 Å². The second-order valence-corrected chi connectivity index (χ2v) is 19.4. The molecular formula is C67H48N2O. The quantitative estimate of drug-likeness (QED) is 0.157. The van der Waals surface area contributed by atoms with E-state index < -0.39 is 0 Å². The molecule has 3 unspecified atom stereocenters. The number of aromatic nitrogens is 1. The summed E-state index contributed by atoms with van der Waals surface area (Å²) in [5.74, 6) is 0.555. The van der Waals surface area contributed by atoms with Crippen molar-refractivity contribution in [3.05, 3.63) is 264 Å². The average molecular weight is 897 g/mol. The first-order valence-electron chi connectivity index (χ1n) is 24.7. The van der Waals surface area contributed by atoms with Crippen molar-refractivity contribution in [3.8, 4) is 27.9 Å². The minimum atomic E-state index is 0.0833. The fraction of sp³-hybridized carbons (Fsp3) is 0.0896. The molecule has 0 saturated carbocycles. The van der Waals surface area contributed by atoms with Crippen molar-refractivity contribution in [2.75, 3.05) is 0 Å². The first kappa shape index (κ1) is 40.5. The summed E-state index contributed by atoms with van der Waals surface area (Å²) in [6.07, 6.45) is 4.22. The molecule has 3 atom stereocenters. The van der Waals surface area contributed by atoms with Crippen molar-refractivity contribution < 1.29 is 4.42 Å². The Balaban J connectivity index is 0.979. The number of furan rings is 1. The Kier molecular flexibility index (Phi) is 9.45. The zero-order chi connectivity index (χ0) is 46.3. The predicted octanol–water partition coefficient (Wildman–Crippen LogP) is 17.5. The summed E-state index contributed by atoms with van der Waals surface area (Å²) in [7, 11) is 0. The Morgan fingerprint density at radius 3 is 2.07 bits per heavy atom. The number of para-hydroxylation sites is 2. The van der Waals surface area contributed by atoms with Gasteiger partial charge in [-0.2, -0.15) is 0 Å². The maximum atomic E-state index is 6.86. The molecule has 0 fully saturated rings. The maximum Gasteiger partial charge on any atom is 0.138 e. The lowest BCUT2D eigenvalue weighted by atomic mass is 9.79. The van der Waals surface area contributed by atoms with Gasteiger partial charge in [0.05, 0.1) is 28.1 Å². The van der Waals surface area contributed by atoms with Crippen LogP contribution in [0.4, 0.5) is 0 Å². The van der Waals surface area contributed by atoms with Gasteiger partial charge in [-0.05, 0) is 116 Å². The van der Waals surface area contributed by atoms with Crippen LogP contribution in [-0.2, 0) is 6.42 Å². The molecule has 3 nitrogen and oxygen atoms in total. The summed E-state index contributed by atoms with van der Waals surface area (Å²) in [5.41, 5.74) is 20.0. The third kappa shape index (κ3) is 6.60. The molecule has 2 aromatic heterocycles. The van der Waals surface area contributed by atoms with Crippen LogP contribution < -0.4 is 0 Å². The van der Waals surface area contributed by atoms with Crippen LogP contribution in [-0.4, -0.2) is 10.3 Å². The van der Waals surface area contributed by atoms with E-state index in [9.17, 15) is 0 Å². The standard InChI is InChI=1S/C67H48N2O/c1-42-51(48-31-32-54-57(35-43-17-4-2-5-18-43)52-25-10-11-26-53(52)58(54)38-48)33-34-61(68-67(42)49-24-16-23-45(36-49)44-19-6-3-7-20-44)60-40-50(41-65-66(60)56-28-13-15-30-64(56)70-65)69-62-29-14-12-27-55(62)59-37-46-21-8-9-22-47(46)39-63(59)69/h2-32,34,36-42,51,57H,33,35H2,1H3. The SMILES string of the molecule is CC1C(c2cccc(-c3ccccc3)c2)=NC(c2cc(-n3c4ccccc4c4cc5ccccc5cc43)cc3oc4ccccc4c23)=CCC1c1ccc2c(c1)-c1ccccc1C2Cc1ccccc1. The Bertz CT molecular complexity index is 4090. The van der Waals surface area contributed by atoms with Gasteiger partial charge in [-0.15, -0.1) is 0 Å². The fourth-order valence-electron chi connectivity index (χ4n) is 12.1. The summed E-state index contributed by atoms with van der Waals surface area (Å²) in [6.45, 7) is 2.40. The van der Waals surface area contributed by atoms with Crippen molar-refractivity contribution in [3.63, 3.8) is 0 Å². The van der Waals surface area contributed by atoms with Gasteiger partial charge in [-0.1, -0.05) is 195 Å². The molecule has 0 saturated heterocycles. The van der Waals surface area contributed by atoms with Crippen molar-refractivity contribution in [1.82, 2.24) is 4.57 Å². The van der Waals surface area contributed by atoms with Crippen molar-refractivity contribution in [2.24, 2.45) is 10.9 Å². The van der Waals surface area contributed by atoms with Crippen LogP contribution in [0.3, 0.4) is 0 Å². The largest absolute Gasteiger partial charge is 0.456 e. The number of fused-ring (bicyclic) bond motifs is 10. The molecule has 0 spiro atoms. The molecule has 0 radical (unpaired) electrons. The lowest BCUT2D eigenvalue weighted by molar-refractivity contribution is 0.585. The van der Waals surface area contributed by atoms with Gasteiger partial charge in [0, 0.05) is 45.0 Å². The molecule has 3 heteroatoms. The molecule has 0 N–H and O–H groups in total. The van der Waals surface area contributed by atoms with E-state index >= 15 is 0 Å². The van der Waals surface area contributed by atoms with E-state index in [1.165, 1.54) is 66.1 Å². The highest BCUT2D eigenvalue weighted by atomic mass is 16.3. The number of hydrogen-bond acceptors (Lipinski definition) is 2. The highest BCUT2D eigenvalue weighted by Crippen LogP contribution is 2.49. The Labute approximate surface area is 407 Å². The highest BCUT2D eigenvalue weighted by molar-refractivity contribution is 6.16. The number of rotatable bonds is 7. The van der Waals surface area contributed by atoms with Crippen molar-refractivity contribution in [2.45, 2.75) is 31.6 Å². The molecule has 10 aromatic carbocycles. The Morgan fingerprint density at radius 2 is 1.20 bits per heavy atom. The lowest BCUT2D eigenvalue weighted by Crippen LogP contribution is -2.20. The topological polar surface area (TPSA) is 30.4 Å². The van der Waals surface area contributed by atoms with Gasteiger partial charge in [-0.25, -0.2) is 0 Å². The van der Waals surface area contributed by atoms with E-state index in [4.69, 9.17) is 9.41 Å². The van der Waals surface area contributed by atoms with E-state index in [2.05, 4.69) is 242 Å². The third-order valence-electron chi connectivity index (χ3n) is 15.4. The predicted molar refractivity (Wildman–Crippen MR) is 292 cm³/mol. The maximum absolute atomic E-state index is 6.86. The summed E-state index contributed by atoms with van der Waals surface area (Å²) < 4.78 is 9.29. The normalized spacial score (nSPS) is 16.7. The molecule has 0 bridgehead atoms. The van der Waals surface area contributed by atoms with Crippen LogP contribution in [0.5, 0.6) is 0 Å². The minimum absolute atomic E-state index is 0.0833. The second-order valence-electron chi connectivity index (χ2n) is 19.4. The molecule has 2 aliphatic rings. The van der Waals surface area contributed by atoms with Gasteiger partial charge in [0.2, 0.25) is 0 Å². The van der Waals surface area contributed by atoms with Gasteiger partial charge in [0.25, 0.3) is 0 Å². The second kappa shape index (κ2) is 16.3. The van der Waals surface area contributed by atoms with Crippen LogP contribution in [0.15, 0.2) is 240 Å². The number of hydrogen-bond donors (Lipinski definition) is 0. The van der Waals surface area contributed by atoms with E-state index in [0.29, 0.717) is 5.92 Å². The minimum Gasteiger partial charge on any atom is -0.456 e. The highest BCUT2D eigenvalue weighted by Gasteiger charge is 2.33. The molecular weight excluding hydrogens is 849 g/mol. The lowest BCUT2D eigenvalue weighted by Gasteiger charge is -2.25. The molecule has 70 heavy (non-hydrogen) atoms. The molecule has 1 aliphatic carbocycles. The van der Waals surface area contributed by atoms with E-state index in [1.807, 2.05) is 0 Å². The molecule has 3 heterocycles.